The van der Waals surface area contributed by atoms with Crippen LogP contribution < -0.4 is 10.1 Å². The zero-order chi connectivity index (χ0) is 17.1. The van der Waals surface area contributed by atoms with Crippen LogP contribution in [0.3, 0.4) is 0 Å². The van der Waals surface area contributed by atoms with Crippen molar-refractivity contribution in [2.24, 2.45) is 0 Å². The minimum absolute atomic E-state index is 0.0233. The van der Waals surface area contributed by atoms with Gasteiger partial charge < -0.3 is 15.2 Å². The topological polar surface area (TPSA) is 80.2 Å². The number of phenolic OH excluding ortho intramolecular Hbond substituents is 1. The van der Waals surface area contributed by atoms with Crippen LogP contribution >= 0.6 is 0 Å². The van der Waals surface area contributed by atoms with Crippen LogP contribution in [-0.2, 0) is 0 Å². The van der Waals surface area contributed by atoms with Gasteiger partial charge in [0.2, 0.25) is 11.8 Å². The Morgan fingerprint density at radius 1 is 1.04 bits per heavy atom. The highest BCUT2D eigenvalue weighted by Crippen LogP contribution is 2.33. The fraction of sp³-hybridized carbons (Fsp3) is 0.118. The molecule has 6 nitrogen and oxygen atoms in total. The Kier molecular flexibility index (Phi) is 4.24. The van der Waals surface area contributed by atoms with E-state index in [1.807, 2.05) is 0 Å². The lowest BCUT2D eigenvalue weighted by Crippen LogP contribution is -1.95. The van der Waals surface area contributed by atoms with Gasteiger partial charge in [-0.3, -0.25) is 0 Å². The molecule has 0 fully saturated rings. The number of ether oxygens (including phenoxy) is 1. The highest BCUT2D eigenvalue weighted by molar-refractivity contribution is 5.74. The molecule has 2 N–H and O–H groups in total. The molecule has 3 aromatic rings. The normalized spacial score (nSPS) is 10.5. The lowest BCUT2D eigenvalue weighted by atomic mass is 10.0. The van der Waals surface area contributed by atoms with E-state index in [2.05, 4.69) is 20.5 Å². The van der Waals surface area contributed by atoms with Crippen molar-refractivity contribution >= 4 is 5.82 Å². The number of aromatic hydroxyl groups is 1. The molecule has 2 aromatic heterocycles. The summed E-state index contributed by atoms with van der Waals surface area (Å²) in [6, 6.07) is 11.4. The summed E-state index contributed by atoms with van der Waals surface area (Å²) >= 11 is 0. The number of phenols is 1. The first-order valence-electron chi connectivity index (χ1n) is 7.17. The van der Waals surface area contributed by atoms with E-state index in [9.17, 15) is 9.50 Å². The standard InChI is InChI=1S/C17H15FN4O2/c1-19-16-6-5-13(21-22-16)12-4-3-10(7-14(12)23)11-8-15(18)20-17(9-11)24-2/h3-9,23H,1-2H3,(H,19,22). The Hall–Kier alpha value is -3.22. The number of aromatic nitrogens is 3. The average Bonchev–Trinajstić information content (AvgIpc) is 2.61. The summed E-state index contributed by atoms with van der Waals surface area (Å²) in [5.41, 5.74) is 2.26. The fourth-order valence-corrected chi connectivity index (χ4v) is 2.28. The van der Waals surface area contributed by atoms with Gasteiger partial charge in [0, 0.05) is 24.7 Å². The molecular formula is C17H15FN4O2. The Morgan fingerprint density at radius 2 is 1.88 bits per heavy atom. The van der Waals surface area contributed by atoms with Gasteiger partial charge >= 0.3 is 0 Å². The fourth-order valence-electron chi connectivity index (χ4n) is 2.28. The summed E-state index contributed by atoms with van der Waals surface area (Å²) < 4.78 is 18.5. The van der Waals surface area contributed by atoms with Crippen LogP contribution in [0, 0.1) is 5.95 Å². The number of hydrogen-bond donors (Lipinski definition) is 2. The highest BCUT2D eigenvalue weighted by atomic mass is 19.1. The Bertz CT molecular complexity index is 869. The van der Waals surface area contributed by atoms with E-state index in [1.165, 1.54) is 19.2 Å². The highest BCUT2D eigenvalue weighted by Gasteiger charge is 2.10. The minimum Gasteiger partial charge on any atom is -0.507 e. The van der Waals surface area contributed by atoms with Gasteiger partial charge in [-0.15, -0.1) is 10.2 Å². The number of pyridine rings is 1. The summed E-state index contributed by atoms with van der Waals surface area (Å²) in [6.07, 6.45) is 0. The smallest absolute Gasteiger partial charge is 0.216 e. The van der Waals surface area contributed by atoms with Gasteiger partial charge in [0.1, 0.15) is 11.6 Å². The molecule has 0 bridgehead atoms. The van der Waals surface area contributed by atoms with Gasteiger partial charge in [-0.2, -0.15) is 9.37 Å². The van der Waals surface area contributed by atoms with Crippen molar-refractivity contribution < 1.29 is 14.2 Å². The van der Waals surface area contributed by atoms with E-state index in [0.717, 1.165) is 0 Å². The van der Waals surface area contributed by atoms with Gasteiger partial charge in [0.15, 0.2) is 0 Å². The quantitative estimate of drug-likeness (QED) is 0.717. The van der Waals surface area contributed by atoms with Crippen molar-refractivity contribution in [2.75, 3.05) is 19.5 Å². The molecule has 0 saturated heterocycles. The van der Waals surface area contributed by atoms with Crippen molar-refractivity contribution in [2.45, 2.75) is 0 Å². The van der Waals surface area contributed by atoms with Crippen LogP contribution in [-0.4, -0.2) is 34.4 Å². The molecule has 0 radical (unpaired) electrons. The van der Waals surface area contributed by atoms with Crippen LogP contribution in [0.4, 0.5) is 10.2 Å². The summed E-state index contributed by atoms with van der Waals surface area (Å²) in [7, 11) is 3.16. The molecule has 3 rings (SSSR count). The van der Waals surface area contributed by atoms with Gasteiger partial charge in [-0.25, -0.2) is 0 Å². The molecular weight excluding hydrogens is 311 g/mol. The first-order valence-corrected chi connectivity index (χ1v) is 7.17. The SMILES string of the molecule is CNc1ccc(-c2ccc(-c3cc(F)nc(OC)c3)cc2O)nn1. The van der Waals surface area contributed by atoms with E-state index >= 15 is 0 Å². The van der Waals surface area contributed by atoms with E-state index in [-0.39, 0.29) is 11.6 Å². The molecule has 0 spiro atoms. The van der Waals surface area contributed by atoms with Crippen molar-refractivity contribution in [1.82, 2.24) is 15.2 Å². The van der Waals surface area contributed by atoms with Gasteiger partial charge in [0.05, 0.1) is 12.8 Å². The molecule has 0 aliphatic heterocycles. The lowest BCUT2D eigenvalue weighted by molar-refractivity contribution is 0.388. The Balaban J connectivity index is 1.99. The van der Waals surface area contributed by atoms with E-state index in [0.29, 0.717) is 28.2 Å². The van der Waals surface area contributed by atoms with E-state index in [4.69, 9.17) is 4.74 Å². The molecule has 24 heavy (non-hydrogen) atoms. The number of hydrogen-bond acceptors (Lipinski definition) is 6. The molecule has 0 aliphatic rings. The van der Waals surface area contributed by atoms with Crippen LogP contribution in [0.15, 0.2) is 42.5 Å². The second kappa shape index (κ2) is 6.49. The van der Waals surface area contributed by atoms with Gasteiger partial charge in [0.25, 0.3) is 0 Å². The predicted molar refractivity (Wildman–Crippen MR) is 88.4 cm³/mol. The van der Waals surface area contributed by atoms with Crippen LogP contribution in [0.2, 0.25) is 0 Å². The molecule has 0 atom stereocenters. The lowest BCUT2D eigenvalue weighted by Gasteiger charge is -2.08. The molecule has 0 amide bonds. The third-order valence-corrected chi connectivity index (χ3v) is 3.51. The number of methoxy groups -OCH3 is 1. The van der Waals surface area contributed by atoms with Crippen LogP contribution in [0.1, 0.15) is 0 Å². The second-order valence-corrected chi connectivity index (χ2v) is 5.01. The average molecular weight is 326 g/mol. The summed E-state index contributed by atoms with van der Waals surface area (Å²) in [4.78, 5) is 3.61. The van der Waals surface area contributed by atoms with Crippen LogP contribution in [0.5, 0.6) is 11.6 Å². The molecule has 0 unspecified atom stereocenters. The number of benzene rings is 1. The van der Waals surface area contributed by atoms with Crippen molar-refractivity contribution in [1.29, 1.82) is 0 Å². The summed E-state index contributed by atoms with van der Waals surface area (Å²) in [5.74, 6) is 0.174. The van der Waals surface area contributed by atoms with Gasteiger partial charge in [-0.05, 0) is 35.4 Å². The van der Waals surface area contributed by atoms with Crippen molar-refractivity contribution in [3.8, 4) is 34.0 Å². The molecule has 2 heterocycles. The number of rotatable bonds is 4. The third kappa shape index (κ3) is 3.10. The number of anilines is 1. The number of nitrogens with one attached hydrogen (secondary N) is 1. The maximum absolute atomic E-state index is 13.5. The number of halogens is 1. The molecule has 1 aromatic carbocycles. The van der Waals surface area contributed by atoms with E-state index in [1.54, 1.807) is 37.4 Å². The largest absolute Gasteiger partial charge is 0.507 e. The monoisotopic (exact) mass is 326 g/mol. The second-order valence-electron chi connectivity index (χ2n) is 5.01. The first-order chi connectivity index (χ1) is 11.6. The summed E-state index contributed by atoms with van der Waals surface area (Å²) in [5, 5.41) is 21.2. The first kappa shape index (κ1) is 15.7. The molecule has 0 aliphatic carbocycles. The van der Waals surface area contributed by atoms with Gasteiger partial charge in [-0.1, -0.05) is 6.07 Å². The van der Waals surface area contributed by atoms with E-state index < -0.39 is 5.95 Å². The van der Waals surface area contributed by atoms with Crippen molar-refractivity contribution in [3.05, 3.63) is 48.4 Å². The van der Waals surface area contributed by atoms with Crippen LogP contribution in [0.25, 0.3) is 22.4 Å². The molecule has 7 heteroatoms. The molecule has 0 saturated carbocycles. The number of nitrogens with zero attached hydrogens (tertiary/aromatic N) is 3. The molecule has 122 valence electrons. The zero-order valence-corrected chi connectivity index (χ0v) is 13.1. The zero-order valence-electron chi connectivity index (χ0n) is 13.1. The van der Waals surface area contributed by atoms with Crippen molar-refractivity contribution in [3.63, 3.8) is 0 Å². The Labute approximate surface area is 138 Å². The summed E-state index contributed by atoms with van der Waals surface area (Å²) in [6.45, 7) is 0. The predicted octanol–water partition coefficient (Wildman–Crippen LogP) is 3.10. The maximum Gasteiger partial charge on any atom is 0.216 e. The maximum atomic E-state index is 13.5. The minimum atomic E-state index is -0.651. The Morgan fingerprint density at radius 3 is 2.50 bits per heavy atom. The third-order valence-electron chi connectivity index (χ3n) is 3.51.